The number of methoxy groups -OCH3 is 1. The summed E-state index contributed by atoms with van der Waals surface area (Å²) in [7, 11) is 1.29. The van der Waals surface area contributed by atoms with Gasteiger partial charge >= 0.3 is 6.18 Å². The maximum Gasteiger partial charge on any atom is 0.416 e. The number of hydrogen-bond acceptors (Lipinski definition) is 2. The Hall–Kier alpha value is -2.16. The fourth-order valence-electron chi connectivity index (χ4n) is 1.43. The van der Waals surface area contributed by atoms with Crippen LogP contribution in [0.1, 0.15) is 24.5 Å². The lowest BCUT2D eigenvalue weighted by atomic mass is 10.1. The Morgan fingerprint density at radius 3 is 2.65 bits per heavy atom. The molecular formula is C14H14F3NO2. The van der Waals surface area contributed by atoms with Crippen molar-refractivity contribution in [2.45, 2.75) is 19.5 Å². The zero-order chi connectivity index (χ0) is 15.2. The standard InChI is InChI=1S/C14H14F3NO2/c1-10(19)18-8-4-3-5-11-6-7-12(14(15,16)17)9-13(11)20-2/h6-7,9H,4,8H2,1-2H3,(H,18,19). The van der Waals surface area contributed by atoms with Gasteiger partial charge in [0.2, 0.25) is 5.91 Å². The number of rotatable bonds is 3. The van der Waals surface area contributed by atoms with Gasteiger partial charge in [-0.25, -0.2) is 0 Å². The molecule has 0 saturated heterocycles. The maximum atomic E-state index is 12.5. The molecule has 0 bridgehead atoms. The van der Waals surface area contributed by atoms with E-state index in [2.05, 4.69) is 17.2 Å². The van der Waals surface area contributed by atoms with Crippen LogP contribution in [0.4, 0.5) is 13.2 Å². The molecule has 0 radical (unpaired) electrons. The van der Waals surface area contributed by atoms with E-state index in [4.69, 9.17) is 4.74 Å². The number of ether oxygens (including phenoxy) is 1. The second-order valence-corrected chi connectivity index (χ2v) is 3.95. The molecule has 1 rings (SSSR count). The predicted molar refractivity (Wildman–Crippen MR) is 68.2 cm³/mol. The third kappa shape index (κ3) is 4.84. The smallest absolute Gasteiger partial charge is 0.416 e. The van der Waals surface area contributed by atoms with Gasteiger partial charge in [0, 0.05) is 19.9 Å². The fraction of sp³-hybridized carbons (Fsp3) is 0.357. The van der Waals surface area contributed by atoms with Gasteiger partial charge < -0.3 is 10.1 Å². The summed E-state index contributed by atoms with van der Waals surface area (Å²) in [5, 5.41) is 2.57. The molecule has 0 spiro atoms. The van der Waals surface area contributed by atoms with Crippen molar-refractivity contribution in [2.24, 2.45) is 0 Å². The van der Waals surface area contributed by atoms with Gasteiger partial charge in [-0.15, -0.1) is 0 Å². The van der Waals surface area contributed by atoms with E-state index in [-0.39, 0.29) is 11.7 Å². The van der Waals surface area contributed by atoms with Crippen LogP contribution < -0.4 is 10.1 Å². The third-order valence-electron chi connectivity index (χ3n) is 2.38. The zero-order valence-corrected chi connectivity index (χ0v) is 11.1. The molecule has 6 heteroatoms. The summed E-state index contributed by atoms with van der Waals surface area (Å²) in [5.41, 5.74) is -0.401. The van der Waals surface area contributed by atoms with Crippen LogP contribution in [0.3, 0.4) is 0 Å². The van der Waals surface area contributed by atoms with Crippen molar-refractivity contribution in [1.29, 1.82) is 0 Å². The molecule has 1 aromatic rings. The van der Waals surface area contributed by atoms with Gasteiger partial charge in [-0.1, -0.05) is 11.8 Å². The Labute approximate surface area is 115 Å². The number of alkyl halides is 3. The first-order chi connectivity index (χ1) is 9.34. The van der Waals surface area contributed by atoms with E-state index < -0.39 is 11.7 Å². The van der Waals surface area contributed by atoms with E-state index in [0.717, 1.165) is 12.1 Å². The predicted octanol–water partition coefficient (Wildman–Crippen LogP) is 2.59. The van der Waals surface area contributed by atoms with Crippen LogP contribution in [0.15, 0.2) is 18.2 Å². The lowest BCUT2D eigenvalue weighted by Gasteiger charge is -2.09. The highest BCUT2D eigenvalue weighted by Gasteiger charge is 2.31. The molecule has 0 aliphatic carbocycles. The first kappa shape index (κ1) is 15.9. The Morgan fingerprint density at radius 2 is 2.10 bits per heavy atom. The van der Waals surface area contributed by atoms with Gasteiger partial charge in [0.25, 0.3) is 0 Å². The number of benzene rings is 1. The number of halogens is 3. The lowest BCUT2D eigenvalue weighted by Crippen LogP contribution is -2.20. The second-order valence-electron chi connectivity index (χ2n) is 3.95. The SMILES string of the molecule is COc1cc(C(F)(F)F)ccc1C#CCCNC(C)=O. The first-order valence-electron chi connectivity index (χ1n) is 5.83. The normalized spacial score (nSPS) is 10.4. The van der Waals surface area contributed by atoms with Crippen LogP contribution in [-0.4, -0.2) is 19.6 Å². The van der Waals surface area contributed by atoms with Crippen LogP contribution in [0.2, 0.25) is 0 Å². The van der Waals surface area contributed by atoms with Crippen molar-refractivity contribution in [2.75, 3.05) is 13.7 Å². The molecule has 1 aromatic carbocycles. The first-order valence-corrected chi connectivity index (χ1v) is 5.83. The summed E-state index contributed by atoms with van der Waals surface area (Å²) in [4.78, 5) is 10.6. The molecule has 1 amide bonds. The van der Waals surface area contributed by atoms with Crippen LogP contribution in [0.5, 0.6) is 5.75 Å². The van der Waals surface area contributed by atoms with Gasteiger partial charge in [0.1, 0.15) is 5.75 Å². The van der Waals surface area contributed by atoms with Gasteiger partial charge in [-0.3, -0.25) is 4.79 Å². The topological polar surface area (TPSA) is 38.3 Å². The molecule has 0 aliphatic heterocycles. The zero-order valence-electron chi connectivity index (χ0n) is 11.1. The minimum absolute atomic E-state index is 0.0758. The quantitative estimate of drug-likeness (QED) is 0.685. The Bertz CT molecular complexity index is 542. The maximum absolute atomic E-state index is 12.5. The van der Waals surface area contributed by atoms with Crippen LogP contribution in [0, 0.1) is 11.8 Å². The second kappa shape index (κ2) is 6.85. The minimum Gasteiger partial charge on any atom is -0.495 e. The largest absolute Gasteiger partial charge is 0.495 e. The van der Waals surface area contributed by atoms with E-state index in [1.807, 2.05) is 0 Å². The summed E-state index contributed by atoms with van der Waals surface area (Å²) in [6.45, 7) is 1.79. The molecule has 3 nitrogen and oxygen atoms in total. The van der Waals surface area contributed by atoms with Gasteiger partial charge in [-0.05, 0) is 18.2 Å². The monoisotopic (exact) mass is 285 g/mol. The summed E-state index contributed by atoms with van der Waals surface area (Å²) in [6, 6.07) is 3.14. The van der Waals surface area contributed by atoms with Gasteiger partial charge in [-0.2, -0.15) is 13.2 Å². The number of carbonyl (C=O) groups excluding carboxylic acids is 1. The highest BCUT2D eigenvalue weighted by Crippen LogP contribution is 2.32. The average Bonchev–Trinajstić information content (AvgIpc) is 2.36. The summed E-state index contributed by atoms with van der Waals surface area (Å²) in [5.74, 6) is 5.41. The van der Waals surface area contributed by atoms with Crippen molar-refractivity contribution >= 4 is 5.91 Å². The summed E-state index contributed by atoms with van der Waals surface area (Å²) < 4.78 is 42.5. The average molecular weight is 285 g/mol. The molecule has 0 saturated carbocycles. The molecular weight excluding hydrogens is 271 g/mol. The van der Waals surface area contributed by atoms with Crippen LogP contribution in [0.25, 0.3) is 0 Å². The molecule has 0 aromatic heterocycles. The summed E-state index contributed by atoms with van der Waals surface area (Å²) in [6.07, 6.45) is -4.01. The molecule has 0 atom stereocenters. The van der Waals surface area contributed by atoms with E-state index in [1.165, 1.54) is 20.1 Å². The van der Waals surface area contributed by atoms with Crippen molar-refractivity contribution in [3.63, 3.8) is 0 Å². The Kier molecular flexibility index (Phi) is 5.44. The van der Waals surface area contributed by atoms with E-state index in [1.54, 1.807) is 0 Å². The number of amides is 1. The Balaban J connectivity index is 2.81. The number of hydrogen-bond donors (Lipinski definition) is 1. The molecule has 1 N–H and O–H groups in total. The summed E-state index contributed by atoms with van der Waals surface area (Å²) >= 11 is 0. The van der Waals surface area contributed by atoms with Crippen molar-refractivity contribution < 1.29 is 22.7 Å². The highest BCUT2D eigenvalue weighted by atomic mass is 19.4. The molecule has 0 unspecified atom stereocenters. The van der Waals surface area contributed by atoms with E-state index in [0.29, 0.717) is 18.5 Å². The number of carbonyl (C=O) groups is 1. The molecule has 0 fully saturated rings. The molecule has 20 heavy (non-hydrogen) atoms. The lowest BCUT2D eigenvalue weighted by molar-refractivity contribution is -0.137. The fourth-order valence-corrected chi connectivity index (χ4v) is 1.43. The van der Waals surface area contributed by atoms with E-state index >= 15 is 0 Å². The third-order valence-corrected chi connectivity index (χ3v) is 2.38. The molecule has 108 valence electrons. The minimum atomic E-state index is -4.41. The van der Waals surface area contributed by atoms with Crippen molar-refractivity contribution in [3.8, 4) is 17.6 Å². The van der Waals surface area contributed by atoms with Crippen molar-refractivity contribution in [3.05, 3.63) is 29.3 Å². The van der Waals surface area contributed by atoms with Crippen molar-refractivity contribution in [1.82, 2.24) is 5.32 Å². The van der Waals surface area contributed by atoms with Gasteiger partial charge in [0.15, 0.2) is 0 Å². The van der Waals surface area contributed by atoms with E-state index in [9.17, 15) is 18.0 Å². The molecule has 0 aliphatic rings. The van der Waals surface area contributed by atoms with Crippen LogP contribution >= 0.6 is 0 Å². The molecule has 0 heterocycles. The number of nitrogens with one attached hydrogen (secondary N) is 1. The highest BCUT2D eigenvalue weighted by molar-refractivity contribution is 5.72. The Morgan fingerprint density at radius 1 is 1.40 bits per heavy atom. The van der Waals surface area contributed by atoms with Gasteiger partial charge in [0.05, 0.1) is 18.2 Å². The van der Waals surface area contributed by atoms with Crippen LogP contribution in [-0.2, 0) is 11.0 Å².